The molecule has 0 aromatic heterocycles. The fourth-order valence-corrected chi connectivity index (χ4v) is 1.25. The van der Waals surface area contributed by atoms with Crippen molar-refractivity contribution in [3.05, 3.63) is 6.92 Å². The van der Waals surface area contributed by atoms with Gasteiger partial charge in [0, 0.05) is 6.54 Å². The Morgan fingerprint density at radius 2 is 1.92 bits per heavy atom. The summed E-state index contributed by atoms with van der Waals surface area (Å²) in [6, 6.07) is 0. The van der Waals surface area contributed by atoms with Gasteiger partial charge in [0.25, 0.3) is 0 Å². The summed E-state index contributed by atoms with van der Waals surface area (Å²) < 4.78 is 22.5. The lowest BCUT2D eigenvalue weighted by Gasteiger charge is -2.12. The van der Waals surface area contributed by atoms with Crippen molar-refractivity contribution in [3.63, 3.8) is 0 Å². The van der Waals surface area contributed by atoms with Gasteiger partial charge in [-0.15, -0.1) is 4.41 Å². The highest BCUT2D eigenvalue weighted by atomic mass is 32.2. The summed E-state index contributed by atoms with van der Waals surface area (Å²) in [5, 5.41) is 0. The molecule has 0 heterocycles. The molecule has 5 heteroatoms. The van der Waals surface area contributed by atoms with Gasteiger partial charge in [-0.05, 0) is 6.42 Å². The maximum absolute atomic E-state index is 10.8. The molecule has 73 valence electrons. The first-order valence-electron chi connectivity index (χ1n) is 4.00. The van der Waals surface area contributed by atoms with E-state index in [9.17, 15) is 8.42 Å². The Bertz CT molecular complexity index is 201. The van der Waals surface area contributed by atoms with E-state index in [1.807, 2.05) is 0 Å². The molecule has 0 aromatic carbocycles. The Morgan fingerprint density at radius 1 is 1.33 bits per heavy atom. The second-order valence-electron chi connectivity index (χ2n) is 2.79. The monoisotopic (exact) mass is 193 g/mol. The third-order valence-corrected chi connectivity index (χ3v) is 2.59. The molecule has 4 nitrogen and oxygen atoms in total. The van der Waals surface area contributed by atoms with Crippen molar-refractivity contribution in [1.29, 1.82) is 0 Å². The van der Waals surface area contributed by atoms with E-state index in [1.165, 1.54) is 0 Å². The molecule has 0 fully saturated rings. The van der Waals surface area contributed by atoms with Crippen LogP contribution in [0, 0.1) is 6.92 Å². The molecule has 0 atom stereocenters. The number of rotatable bonds is 6. The highest BCUT2D eigenvalue weighted by molar-refractivity contribution is 7.88. The van der Waals surface area contributed by atoms with Crippen LogP contribution < -0.4 is 5.84 Å². The van der Waals surface area contributed by atoms with Gasteiger partial charge in [0.05, 0.1) is 6.26 Å². The van der Waals surface area contributed by atoms with Gasteiger partial charge in [0.1, 0.15) is 0 Å². The largest absolute Gasteiger partial charge is 0.255 e. The quantitative estimate of drug-likeness (QED) is 0.380. The van der Waals surface area contributed by atoms with Crippen molar-refractivity contribution < 1.29 is 8.42 Å². The van der Waals surface area contributed by atoms with Crippen molar-refractivity contribution in [2.24, 2.45) is 5.84 Å². The molecule has 0 rings (SSSR count). The molecule has 1 radical (unpaired) electrons. The minimum absolute atomic E-state index is 0.402. The maximum atomic E-state index is 10.8. The van der Waals surface area contributed by atoms with E-state index in [1.54, 1.807) is 0 Å². The Morgan fingerprint density at radius 3 is 2.33 bits per heavy atom. The molecule has 0 aromatic rings. The number of unbranched alkanes of at least 4 members (excludes halogenated alkanes) is 3. The summed E-state index contributed by atoms with van der Waals surface area (Å²) in [6.07, 6.45) is 4.81. The molecule has 0 aliphatic carbocycles. The van der Waals surface area contributed by atoms with Gasteiger partial charge in [0.15, 0.2) is 0 Å². The minimum atomic E-state index is -3.19. The number of hydrogen-bond donors (Lipinski definition) is 1. The lowest BCUT2D eigenvalue weighted by atomic mass is 10.2. The Kier molecular flexibility index (Phi) is 5.44. The van der Waals surface area contributed by atoms with E-state index < -0.39 is 10.0 Å². The number of nitrogens with zero attached hydrogens (tertiary/aromatic N) is 1. The number of hydrazine groups is 1. The number of nitrogens with two attached hydrogens (primary N) is 1. The minimum Gasteiger partial charge on any atom is -0.255 e. The standard InChI is InChI=1S/C7H17N2O2S/c1-3-4-5-6-7-9(8)12(2,10)11/h1,3-8H2,2H3. The fourth-order valence-electron chi connectivity index (χ4n) is 0.787. The Hall–Kier alpha value is -0.130. The average Bonchev–Trinajstić information content (AvgIpc) is 1.96. The zero-order valence-corrected chi connectivity index (χ0v) is 8.31. The van der Waals surface area contributed by atoms with E-state index in [-0.39, 0.29) is 0 Å². The van der Waals surface area contributed by atoms with Crippen LogP contribution in [-0.2, 0) is 10.0 Å². The molecular weight excluding hydrogens is 176 g/mol. The van der Waals surface area contributed by atoms with Crippen LogP contribution in [-0.4, -0.2) is 25.6 Å². The summed E-state index contributed by atoms with van der Waals surface area (Å²) in [7, 11) is -3.19. The molecule has 12 heavy (non-hydrogen) atoms. The van der Waals surface area contributed by atoms with Crippen molar-refractivity contribution in [2.45, 2.75) is 25.7 Å². The number of hydrogen-bond acceptors (Lipinski definition) is 3. The molecule has 0 aliphatic heterocycles. The smallest absolute Gasteiger partial charge is 0.223 e. The SMILES string of the molecule is [CH2]CCCCCN(N)S(C)(=O)=O. The zero-order chi connectivity index (χ0) is 9.61. The molecule has 2 N–H and O–H groups in total. The first-order chi connectivity index (χ1) is 5.48. The van der Waals surface area contributed by atoms with Gasteiger partial charge in [-0.25, -0.2) is 8.42 Å². The van der Waals surface area contributed by atoms with Gasteiger partial charge in [-0.2, -0.15) is 0 Å². The van der Waals surface area contributed by atoms with E-state index in [4.69, 9.17) is 5.84 Å². The van der Waals surface area contributed by atoms with Gasteiger partial charge in [-0.3, -0.25) is 5.84 Å². The van der Waals surface area contributed by atoms with E-state index in [0.29, 0.717) is 6.54 Å². The molecule has 0 spiro atoms. The summed E-state index contributed by atoms with van der Waals surface area (Å²) in [5.41, 5.74) is 0. The van der Waals surface area contributed by atoms with Crippen LogP contribution >= 0.6 is 0 Å². The average molecular weight is 193 g/mol. The molecule has 0 saturated heterocycles. The molecular formula is C7H17N2O2S. The maximum Gasteiger partial charge on any atom is 0.223 e. The van der Waals surface area contributed by atoms with E-state index >= 15 is 0 Å². The molecule has 0 unspecified atom stereocenters. The lowest BCUT2D eigenvalue weighted by Crippen LogP contribution is -2.37. The fraction of sp³-hybridized carbons (Fsp3) is 0.857. The Labute approximate surface area is 74.8 Å². The highest BCUT2D eigenvalue weighted by Crippen LogP contribution is 2.00. The van der Waals surface area contributed by atoms with Crippen molar-refractivity contribution >= 4 is 10.0 Å². The number of sulfonamides is 1. The van der Waals surface area contributed by atoms with E-state index in [0.717, 1.165) is 36.4 Å². The molecule has 0 amide bonds. The predicted octanol–water partition coefficient (Wildman–Crippen LogP) is 0.516. The third-order valence-electron chi connectivity index (χ3n) is 1.55. The van der Waals surface area contributed by atoms with E-state index in [2.05, 4.69) is 6.92 Å². The van der Waals surface area contributed by atoms with Crippen LogP contribution in [0.4, 0.5) is 0 Å². The first kappa shape index (κ1) is 11.9. The normalized spacial score (nSPS) is 12.3. The van der Waals surface area contributed by atoms with Gasteiger partial charge in [0.2, 0.25) is 10.0 Å². The van der Waals surface area contributed by atoms with Crippen LogP contribution in [0.25, 0.3) is 0 Å². The van der Waals surface area contributed by atoms with Crippen LogP contribution in [0.15, 0.2) is 0 Å². The summed E-state index contributed by atoms with van der Waals surface area (Å²) >= 11 is 0. The van der Waals surface area contributed by atoms with Crippen LogP contribution in [0.3, 0.4) is 0 Å². The molecule has 0 saturated carbocycles. The third kappa shape index (κ3) is 5.51. The predicted molar refractivity (Wildman–Crippen MR) is 49.6 cm³/mol. The molecule has 0 bridgehead atoms. The zero-order valence-electron chi connectivity index (χ0n) is 7.49. The van der Waals surface area contributed by atoms with Crippen LogP contribution in [0.2, 0.25) is 0 Å². The van der Waals surface area contributed by atoms with Crippen molar-refractivity contribution in [2.75, 3.05) is 12.8 Å². The Balaban J connectivity index is 3.52. The topological polar surface area (TPSA) is 63.4 Å². The first-order valence-corrected chi connectivity index (χ1v) is 5.85. The van der Waals surface area contributed by atoms with Crippen LogP contribution in [0.1, 0.15) is 25.7 Å². The van der Waals surface area contributed by atoms with Gasteiger partial charge < -0.3 is 0 Å². The highest BCUT2D eigenvalue weighted by Gasteiger charge is 2.09. The second kappa shape index (κ2) is 5.50. The second-order valence-corrected chi connectivity index (χ2v) is 4.72. The summed E-state index contributed by atoms with van der Waals surface area (Å²) in [4.78, 5) is 0. The van der Waals surface area contributed by atoms with Gasteiger partial charge in [-0.1, -0.05) is 26.2 Å². The molecule has 0 aliphatic rings. The van der Waals surface area contributed by atoms with Gasteiger partial charge >= 0.3 is 0 Å². The van der Waals surface area contributed by atoms with Crippen molar-refractivity contribution in [3.8, 4) is 0 Å². The van der Waals surface area contributed by atoms with Crippen molar-refractivity contribution in [1.82, 2.24) is 4.41 Å². The van der Waals surface area contributed by atoms with Crippen LogP contribution in [0.5, 0.6) is 0 Å². The summed E-state index contributed by atoms with van der Waals surface area (Å²) in [5.74, 6) is 5.26. The lowest BCUT2D eigenvalue weighted by molar-refractivity contribution is 0.415. The summed E-state index contributed by atoms with van der Waals surface area (Å²) in [6.45, 7) is 4.09.